The summed E-state index contributed by atoms with van der Waals surface area (Å²) in [4.78, 5) is 26.7. The molecule has 8 heteroatoms. The van der Waals surface area contributed by atoms with Gasteiger partial charge in [-0.2, -0.15) is 5.10 Å². The topological polar surface area (TPSA) is 89.5 Å². The minimum Gasteiger partial charge on any atom is -0.317 e. The van der Waals surface area contributed by atoms with Crippen LogP contribution in [0.2, 0.25) is 0 Å². The predicted octanol–water partition coefficient (Wildman–Crippen LogP) is 1.88. The van der Waals surface area contributed by atoms with E-state index in [1.165, 1.54) is 6.07 Å². The van der Waals surface area contributed by atoms with Gasteiger partial charge in [-0.25, -0.2) is 14.5 Å². The molecule has 0 unspecified atom stereocenters. The highest BCUT2D eigenvalue weighted by Gasteiger charge is 2.19. The zero-order chi connectivity index (χ0) is 19.3. The van der Waals surface area contributed by atoms with E-state index in [1.807, 2.05) is 38.4 Å². The fraction of sp³-hybridized carbons (Fsp3) is 0.350. The van der Waals surface area contributed by atoms with Crippen molar-refractivity contribution in [2.75, 3.05) is 13.1 Å². The van der Waals surface area contributed by atoms with E-state index >= 15 is 0 Å². The number of nitrogens with zero attached hydrogens (tertiary/aromatic N) is 6. The lowest BCUT2D eigenvalue weighted by atomic mass is 9.95. The molecule has 1 fully saturated rings. The number of rotatable bonds is 2. The molecule has 1 aliphatic heterocycles. The first kappa shape index (κ1) is 17.0. The van der Waals surface area contributed by atoms with E-state index in [1.54, 1.807) is 8.92 Å². The predicted molar refractivity (Wildman–Crippen MR) is 106 cm³/mol. The third-order valence-electron chi connectivity index (χ3n) is 5.29. The maximum atomic E-state index is 12.9. The largest absolute Gasteiger partial charge is 0.317 e. The molecular weight excluding hydrogens is 354 g/mol. The lowest BCUT2D eigenvalue weighted by Gasteiger charge is -2.22. The molecule has 0 amide bonds. The third-order valence-corrected chi connectivity index (χ3v) is 5.29. The van der Waals surface area contributed by atoms with Crippen molar-refractivity contribution >= 4 is 11.3 Å². The summed E-state index contributed by atoms with van der Waals surface area (Å²) in [6.07, 6.45) is 5.77. The van der Waals surface area contributed by atoms with Gasteiger partial charge < -0.3 is 5.32 Å². The van der Waals surface area contributed by atoms with Crippen LogP contribution in [0, 0.1) is 13.8 Å². The van der Waals surface area contributed by atoms with Crippen LogP contribution < -0.4 is 10.9 Å². The number of hydrogen-bond acceptors (Lipinski definition) is 6. The summed E-state index contributed by atoms with van der Waals surface area (Å²) in [5.74, 6) is 0.379. The molecule has 0 saturated carbocycles. The van der Waals surface area contributed by atoms with Crippen LogP contribution in [0.3, 0.4) is 0 Å². The molecule has 8 nitrogen and oxygen atoms in total. The second-order valence-electron chi connectivity index (χ2n) is 7.35. The number of piperidine rings is 1. The van der Waals surface area contributed by atoms with Crippen molar-refractivity contribution in [2.24, 2.45) is 0 Å². The molecule has 0 atom stereocenters. The van der Waals surface area contributed by atoms with Crippen molar-refractivity contribution < 1.29 is 0 Å². The smallest absolute Gasteiger partial charge is 0.258 e. The van der Waals surface area contributed by atoms with E-state index in [0.717, 1.165) is 48.7 Å². The Morgan fingerprint density at radius 2 is 1.86 bits per heavy atom. The third kappa shape index (κ3) is 2.86. The first-order chi connectivity index (χ1) is 13.6. The summed E-state index contributed by atoms with van der Waals surface area (Å²) in [6.45, 7) is 5.80. The average Bonchev–Trinajstić information content (AvgIpc) is 3.08. The fourth-order valence-corrected chi connectivity index (χ4v) is 3.86. The van der Waals surface area contributed by atoms with E-state index in [-0.39, 0.29) is 5.56 Å². The molecular formula is C20H21N7O. The van der Waals surface area contributed by atoms with Crippen LogP contribution >= 0.6 is 0 Å². The minimum atomic E-state index is -0.121. The minimum absolute atomic E-state index is 0.121. The van der Waals surface area contributed by atoms with Gasteiger partial charge >= 0.3 is 0 Å². The molecule has 1 N–H and O–H groups in total. The van der Waals surface area contributed by atoms with Gasteiger partial charge in [0.15, 0.2) is 11.3 Å². The Bertz CT molecular complexity index is 1250. The van der Waals surface area contributed by atoms with E-state index in [2.05, 4.69) is 15.4 Å². The average molecular weight is 375 g/mol. The van der Waals surface area contributed by atoms with E-state index in [9.17, 15) is 4.79 Å². The van der Waals surface area contributed by atoms with Crippen molar-refractivity contribution in [2.45, 2.75) is 32.6 Å². The van der Waals surface area contributed by atoms with Crippen LogP contribution in [-0.4, -0.2) is 42.1 Å². The maximum absolute atomic E-state index is 12.9. The maximum Gasteiger partial charge on any atom is 0.258 e. The highest BCUT2D eigenvalue weighted by Crippen LogP contribution is 2.24. The van der Waals surface area contributed by atoms with Crippen molar-refractivity contribution in [3.63, 3.8) is 0 Å². The first-order valence-electron chi connectivity index (χ1n) is 9.53. The summed E-state index contributed by atoms with van der Waals surface area (Å²) in [5, 5.41) is 7.92. The summed E-state index contributed by atoms with van der Waals surface area (Å²) in [5.41, 5.74) is 5.01. The van der Waals surface area contributed by atoms with Crippen LogP contribution in [0.1, 0.15) is 35.8 Å². The Balaban J connectivity index is 1.63. The molecule has 1 aliphatic rings. The number of fused-ring (bicyclic) bond motifs is 2. The molecule has 4 aromatic heterocycles. The second kappa shape index (κ2) is 6.49. The molecule has 5 heterocycles. The van der Waals surface area contributed by atoms with Gasteiger partial charge in [-0.05, 0) is 51.9 Å². The zero-order valence-corrected chi connectivity index (χ0v) is 15.9. The Hall–Kier alpha value is -3.13. The molecule has 0 aliphatic carbocycles. The number of hydrogen-bond donors (Lipinski definition) is 1. The molecule has 1 saturated heterocycles. The fourth-order valence-electron chi connectivity index (χ4n) is 3.86. The Morgan fingerprint density at radius 3 is 2.68 bits per heavy atom. The molecule has 0 bridgehead atoms. The molecule has 4 aromatic rings. The Labute approximate surface area is 161 Å². The molecule has 142 valence electrons. The monoisotopic (exact) mass is 375 g/mol. The number of imidazole rings is 1. The highest BCUT2D eigenvalue weighted by molar-refractivity contribution is 5.59. The van der Waals surface area contributed by atoms with E-state index in [0.29, 0.717) is 23.0 Å². The first-order valence-corrected chi connectivity index (χ1v) is 9.53. The highest BCUT2D eigenvalue weighted by atomic mass is 16.1. The lowest BCUT2D eigenvalue weighted by molar-refractivity contribution is 0.451. The van der Waals surface area contributed by atoms with Crippen LogP contribution in [0.5, 0.6) is 0 Å². The Kier molecular flexibility index (Phi) is 3.94. The van der Waals surface area contributed by atoms with Gasteiger partial charge in [0.25, 0.3) is 5.56 Å². The lowest BCUT2D eigenvalue weighted by Crippen LogP contribution is -2.28. The molecule has 28 heavy (non-hydrogen) atoms. The van der Waals surface area contributed by atoms with Gasteiger partial charge in [-0.3, -0.25) is 14.2 Å². The quantitative estimate of drug-likeness (QED) is 0.575. The van der Waals surface area contributed by atoms with Gasteiger partial charge in [0.1, 0.15) is 5.69 Å². The standard InChI is InChI=1S/C20H21N7O/c1-12-10-27-18(22-12)4-3-15(25-27)16-9-19(28)26-11-17(14-5-7-21-8-6-14)23-13(2)20(26)24-16/h3-4,9-11,14,21H,5-8H2,1-2H3. The molecule has 0 radical (unpaired) electrons. The summed E-state index contributed by atoms with van der Waals surface area (Å²) < 4.78 is 3.32. The number of nitrogens with one attached hydrogen (secondary N) is 1. The summed E-state index contributed by atoms with van der Waals surface area (Å²) >= 11 is 0. The number of aryl methyl sites for hydroxylation is 2. The van der Waals surface area contributed by atoms with Crippen molar-refractivity contribution in [3.05, 3.63) is 58.0 Å². The van der Waals surface area contributed by atoms with Gasteiger partial charge in [-0.1, -0.05) is 0 Å². The zero-order valence-electron chi connectivity index (χ0n) is 15.9. The Morgan fingerprint density at radius 1 is 1.04 bits per heavy atom. The number of aromatic nitrogens is 6. The van der Waals surface area contributed by atoms with Crippen LogP contribution in [-0.2, 0) is 0 Å². The van der Waals surface area contributed by atoms with Crippen LogP contribution in [0.15, 0.2) is 35.4 Å². The molecule has 0 aromatic carbocycles. The van der Waals surface area contributed by atoms with Gasteiger partial charge in [0.05, 0.1) is 29.0 Å². The van der Waals surface area contributed by atoms with Crippen LogP contribution in [0.25, 0.3) is 22.7 Å². The summed E-state index contributed by atoms with van der Waals surface area (Å²) in [6, 6.07) is 5.26. The van der Waals surface area contributed by atoms with Crippen molar-refractivity contribution in [3.8, 4) is 11.4 Å². The van der Waals surface area contributed by atoms with Gasteiger partial charge in [0, 0.05) is 18.2 Å². The summed E-state index contributed by atoms with van der Waals surface area (Å²) in [7, 11) is 0. The van der Waals surface area contributed by atoms with Gasteiger partial charge in [0.2, 0.25) is 0 Å². The van der Waals surface area contributed by atoms with Gasteiger partial charge in [-0.15, -0.1) is 0 Å². The SMILES string of the molecule is Cc1cn2nc(-c3cc(=O)n4cc(C5CCNCC5)nc(C)c4n3)ccc2n1. The van der Waals surface area contributed by atoms with E-state index < -0.39 is 0 Å². The molecule has 0 spiro atoms. The van der Waals surface area contributed by atoms with Crippen LogP contribution in [0.4, 0.5) is 0 Å². The molecule has 5 rings (SSSR count). The second-order valence-corrected chi connectivity index (χ2v) is 7.35. The normalized spacial score (nSPS) is 15.5. The van der Waals surface area contributed by atoms with E-state index in [4.69, 9.17) is 9.97 Å². The van der Waals surface area contributed by atoms with Crippen molar-refractivity contribution in [1.29, 1.82) is 0 Å². The van der Waals surface area contributed by atoms with Crippen molar-refractivity contribution in [1.82, 2.24) is 34.3 Å².